The minimum absolute atomic E-state index is 0.279. The number of anilines is 1. The molecule has 4 N–H and O–H groups in total. The number of nitrogens with zero attached hydrogens (tertiary/aromatic N) is 3. The Kier molecular flexibility index (Phi) is 4.32. The highest BCUT2D eigenvalue weighted by atomic mass is 32.1. The number of aryl methyl sites for hydroxylation is 1. The summed E-state index contributed by atoms with van der Waals surface area (Å²) in [5.74, 6) is -0.918. The zero-order chi connectivity index (χ0) is 16.3. The zero-order valence-electron chi connectivity index (χ0n) is 11.3. The van der Waals surface area contributed by atoms with Gasteiger partial charge in [0.05, 0.1) is 16.8 Å². The highest BCUT2D eigenvalue weighted by molar-refractivity contribution is 7.17. The number of hydrazone groups is 1. The largest absolute Gasteiger partial charge is 0.502 e. The van der Waals surface area contributed by atoms with Crippen LogP contribution in [0.5, 0.6) is 5.75 Å². The maximum absolute atomic E-state index is 11.8. The van der Waals surface area contributed by atoms with Gasteiger partial charge in [0, 0.05) is 11.6 Å². The quantitative estimate of drug-likeness (QED) is 0.441. The standard InChI is InChI=1S/C12H11N5O4S/c1-6-10(22-12(13)15-6)11(19)16-14-5-7-2-3-9(18)8(4-7)17(20)21/h2-5,18H,1H3,(H2,13,15)(H,16,19)/b14-5-. The summed E-state index contributed by atoms with van der Waals surface area (Å²) < 4.78 is 0. The Morgan fingerprint density at radius 3 is 2.91 bits per heavy atom. The van der Waals surface area contributed by atoms with Crippen molar-refractivity contribution in [2.24, 2.45) is 5.10 Å². The Morgan fingerprint density at radius 2 is 2.32 bits per heavy atom. The molecule has 0 atom stereocenters. The van der Waals surface area contributed by atoms with E-state index in [2.05, 4.69) is 15.5 Å². The molecule has 1 aromatic carbocycles. The smallest absolute Gasteiger partial charge is 0.311 e. The Hall–Kier alpha value is -3.01. The number of hydrogen-bond acceptors (Lipinski definition) is 8. The van der Waals surface area contributed by atoms with Gasteiger partial charge in [0.1, 0.15) is 4.88 Å². The lowest BCUT2D eigenvalue weighted by atomic mass is 10.2. The van der Waals surface area contributed by atoms with Crippen LogP contribution in [0.2, 0.25) is 0 Å². The third-order valence-electron chi connectivity index (χ3n) is 2.60. The molecule has 0 aliphatic carbocycles. The Morgan fingerprint density at radius 1 is 1.59 bits per heavy atom. The maximum Gasteiger partial charge on any atom is 0.311 e. The minimum atomic E-state index is -0.714. The molecule has 1 aromatic heterocycles. The second-order valence-corrected chi connectivity index (χ2v) is 5.20. The molecule has 9 nitrogen and oxygen atoms in total. The van der Waals surface area contributed by atoms with E-state index in [1.807, 2.05) is 0 Å². The van der Waals surface area contributed by atoms with Gasteiger partial charge in [-0.2, -0.15) is 5.10 Å². The summed E-state index contributed by atoms with van der Waals surface area (Å²) in [5.41, 5.74) is 8.18. The van der Waals surface area contributed by atoms with E-state index in [1.54, 1.807) is 6.92 Å². The van der Waals surface area contributed by atoms with Crippen LogP contribution < -0.4 is 11.2 Å². The number of rotatable bonds is 4. The summed E-state index contributed by atoms with van der Waals surface area (Å²) >= 11 is 1.04. The van der Waals surface area contributed by atoms with Crippen molar-refractivity contribution >= 4 is 34.3 Å². The summed E-state index contributed by atoms with van der Waals surface area (Å²) in [6, 6.07) is 3.74. The first-order valence-corrected chi connectivity index (χ1v) is 6.74. The number of hydrogen-bond donors (Lipinski definition) is 3. The molecule has 0 bridgehead atoms. The number of amides is 1. The van der Waals surface area contributed by atoms with Crippen molar-refractivity contribution in [2.45, 2.75) is 6.92 Å². The number of thiazole rings is 1. The molecule has 0 fully saturated rings. The molecule has 0 radical (unpaired) electrons. The number of nitro groups is 1. The number of carbonyl (C=O) groups excluding carboxylic acids is 1. The maximum atomic E-state index is 11.8. The summed E-state index contributed by atoms with van der Waals surface area (Å²) in [6.07, 6.45) is 1.23. The predicted molar refractivity (Wildman–Crippen MR) is 81.1 cm³/mol. The van der Waals surface area contributed by atoms with Crippen molar-refractivity contribution < 1.29 is 14.8 Å². The molecule has 2 rings (SSSR count). The number of aromatic nitrogens is 1. The number of benzene rings is 1. The summed E-state index contributed by atoms with van der Waals surface area (Å²) in [4.78, 5) is 26.1. The molecular weight excluding hydrogens is 310 g/mol. The molecule has 0 saturated carbocycles. The molecule has 2 aromatic rings. The summed E-state index contributed by atoms with van der Waals surface area (Å²) in [6.45, 7) is 1.65. The second-order valence-electron chi connectivity index (χ2n) is 4.17. The van der Waals surface area contributed by atoms with Crippen LogP contribution in [0.4, 0.5) is 10.8 Å². The minimum Gasteiger partial charge on any atom is -0.502 e. The molecule has 1 heterocycles. The van der Waals surface area contributed by atoms with E-state index < -0.39 is 22.3 Å². The van der Waals surface area contributed by atoms with E-state index in [4.69, 9.17) is 5.73 Å². The van der Waals surface area contributed by atoms with Crippen molar-refractivity contribution in [2.75, 3.05) is 5.73 Å². The molecule has 0 aliphatic heterocycles. The van der Waals surface area contributed by atoms with E-state index in [0.29, 0.717) is 16.1 Å². The average Bonchev–Trinajstić information content (AvgIpc) is 2.79. The van der Waals surface area contributed by atoms with Crippen LogP contribution in [0, 0.1) is 17.0 Å². The fraction of sp³-hybridized carbons (Fsp3) is 0.0833. The average molecular weight is 321 g/mol. The van der Waals surface area contributed by atoms with Crippen LogP contribution in [0.25, 0.3) is 0 Å². The molecule has 0 saturated heterocycles. The van der Waals surface area contributed by atoms with Gasteiger partial charge in [0.15, 0.2) is 10.9 Å². The van der Waals surface area contributed by atoms with Crippen molar-refractivity contribution in [3.63, 3.8) is 0 Å². The number of nitro benzene ring substituents is 1. The first-order valence-electron chi connectivity index (χ1n) is 5.92. The number of phenols is 1. The molecule has 0 spiro atoms. The zero-order valence-corrected chi connectivity index (χ0v) is 12.1. The number of carbonyl (C=O) groups is 1. The Bertz CT molecular complexity index is 771. The lowest BCUT2D eigenvalue weighted by Crippen LogP contribution is -2.17. The van der Waals surface area contributed by atoms with Crippen LogP contribution in [0.3, 0.4) is 0 Å². The third-order valence-corrected chi connectivity index (χ3v) is 3.58. The van der Waals surface area contributed by atoms with Gasteiger partial charge in [0.2, 0.25) is 0 Å². The number of aromatic hydroxyl groups is 1. The fourth-order valence-corrected chi connectivity index (χ4v) is 2.33. The van der Waals surface area contributed by atoms with Crippen LogP contribution >= 0.6 is 11.3 Å². The first kappa shape index (κ1) is 15.4. The topological polar surface area (TPSA) is 144 Å². The van der Waals surface area contributed by atoms with Gasteiger partial charge in [-0.3, -0.25) is 14.9 Å². The lowest BCUT2D eigenvalue weighted by molar-refractivity contribution is -0.385. The van der Waals surface area contributed by atoms with E-state index in [-0.39, 0.29) is 5.13 Å². The monoisotopic (exact) mass is 321 g/mol. The number of nitrogen functional groups attached to an aromatic ring is 1. The van der Waals surface area contributed by atoms with Gasteiger partial charge in [-0.25, -0.2) is 10.4 Å². The Labute approximate surface area is 128 Å². The molecule has 10 heteroatoms. The van der Waals surface area contributed by atoms with E-state index >= 15 is 0 Å². The van der Waals surface area contributed by atoms with Gasteiger partial charge in [-0.1, -0.05) is 11.3 Å². The number of phenolic OH excluding ortho intramolecular Hbond substituents is 1. The highest BCUT2D eigenvalue weighted by Crippen LogP contribution is 2.25. The molecule has 0 unspecified atom stereocenters. The van der Waals surface area contributed by atoms with Gasteiger partial charge in [0.25, 0.3) is 5.91 Å². The van der Waals surface area contributed by atoms with E-state index in [9.17, 15) is 20.0 Å². The van der Waals surface area contributed by atoms with Crippen LogP contribution in [-0.2, 0) is 0 Å². The molecular formula is C12H11N5O4S. The number of nitrogens with one attached hydrogen (secondary N) is 1. The first-order chi connectivity index (χ1) is 10.4. The van der Waals surface area contributed by atoms with Crippen LogP contribution in [0.1, 0.15) is 20.9 Å². The van der Waals surface area contributed by atoms with Crippen molar-refractivity contribution in [1.82, 2.24) is 10.4 Å². The van der Waals surface area contributed by atoms with E-state index in [1.165, 1.54) is 18.3 Å². The lowest BCUT2D eigenvalue weighted by Gasteiger charge is -1.98. The van der Waals surface area contributed by atoms with Gasteiger partial charge >= 0.3 is 5.69 Å². The van der Waals surface area contributed by atoms with Gasteiger partial charge in [-0.05, 0) is 19.1 Å². The predicted octanol–water partition coefficient (Wildman–Crippen LogP) is 1.41. The Balaban J connectivity index is 2.10. The second kappa shape index (κ2) is 6.18. The van der Waals surface area contributed by atoms with Crippen LogP contribution in [-0.4, -0.2) is 27.1 Å². The van der Waals surface area contributed by atoms with E-state index in [0.717, 1.165) is 17.4 Å². The van der Waals surface area contributed by atoms with Crippen molar-refractivity contribution in [3.05, 3.63) is 44.4 Å². The summed E-state index contributed by atoms with van der Waals surface area (Å²) in [5, 5.41) is 24.0. The molecule has 1 amide bonds. The van der Waals surface area contributed by atoms with Crippen molar-refractivity contribution in [3.8, 4) is 5.75 Å². The van der Waals surface area contributed by atoms with Crippen LogP contribution in [0.15, 0.2) is 23.3 Å². The highest BCUT2D eigenvalue weighted by Gasteiger charge is 2.14. The van der Waals surface area contributed by atoms with Gasteiger partial charge < -0.3 is 10.8 Å². The molecule has 0 aliphatic rings. The number of nitrogens with two attached hydrogens (primary N) is 1. The molecule has 114 valence electrons. The van der Waals surface area contributed by atoms with Crippen molar-refractivity contribution in [1.29, 1.82) is 0 Å². The summed E-state index contributed by atoms with van der Waals surface area (Å²) in [7, 11) is 0. The van der Waals surface area contributed by atoms with Gasteiger partial charge in [-0.15, -0.1) is 0 Å². The normalized spacial score (nSPS) is 10.8. The fourth-order valence-electron chi connectivity index (χ4n) is 1.61. The SMILES string of the molecule is Cc1nc(N)sc1C(=O)N/N=C\c1ccc(O)c([N+](=O)[O-])c1. The molecule has 22 heavy (non-hydrogen) atoms. The third kappa shape index (κ3) is 3.35.